The lowest BCUT2D eigenvalue weighted by Crippen LogP contribution is -2.32. The Morgan fingerprint density at radius 3 is 2.19 bits per heavy atom. The lowest BCUT2D eigenvalue weighted by Gasteiger charge is -2.17. The van der Waals surface area contributed by atoms with Gasteiger partial charge in [0.2, 0.25) is 10.0 Å². The van der Waals surface area contributed by atoms with Crippen LogP contribution in [0, 0.1) is 5.82 Å². The third-order valence-electron chi connectivity index (χ3n) is 4.22. The van der Waals surface area contributed by atoms with Crippen LogP contribution in [0.15, 0.2) is 52.3 Å². The van der Waals surface area contributed by atoms with Crippen molar-refractivity contribution >= 4 is 43.1 Å². The molecule has 1 saturated heterocycles. The van der Waals surface area contributed by atoms with Crippen LogP contribution in [0.5, 0.6) is 0 Å². The van der Waals surface area contributed by atoms with E-state index >= 15 is 0 Å². The number of benzene rings is 2. The Bertz CT molecular complexity index is 1040. The molecule has 140 valence electrons. The van der Waals surface area contributed by atoms with E-state index in [0.717, 1.165) is 22.5 Å². The van der Waals surface area contributed by atoms with Gasteiger partial charge in [-0.15, -0.1) is 0 Å². The number of sulfonamides is 1. The highest BCUT2D eigenvalue weighted by atomic mass is 35.5. The lowest BCUT2D eigenvalue weighted by atomic mass is 10.3. The van der Waals surface area contributed by atoms with E-state index < -0.39 is 30.9 Å². The number of hydrogen-bond donors (Lipinski definition) is 0. The van der Waals surface area contributed by atoms with E-state index in [1.54, 1.807) is 0 Å². The molecule has 2 aromatic carbocycles. The summed E-state index contributed by atoms with van der Waals surface area (Å²) in [7, 11) is -7.66. The number of sulfone groups is 1. The molecule has 1 atom stereocenters. The molecular weight excluding hydrogens is 424 g/mol. The van der Waals surface area contributed by atoms with Crippen molar-refractivity contribution in [3.05, 3.63) is 58.3 Å². The Labute approximate surface area is 161 Å². The fourth-order valence-electron chi connectivity index (χ4n) is 2.77. The number of nitrogens with zero attached hydrogens (tertiary/aromatic N) is 1. The summed E-state index contributed by atoms with van der Waals surface area (Å²) in [5, 5.41) is -0.766. The average Bonchev–Trinajstić information content (AvgIpc) is 3.09. The molecule has 10 heteroatoms. The van der Waals surface area contributed by atoms with Crippen LogP contribution < -0.4 is 0 Å². The summed E-state index contributed by atoms with van der Waals surface area (Å²) in [5.41, 5.74) is 0. The molecular formula is C16H14Cl2FNO4S2. The minimum absolute atomic E-state index is 0.0504. The zero-order valence-corrected chi connectivity index (χ0v) is 16.4. The predicted molar refractivity (Wildman–Crippen MR) is 97.2 cm³/mol. The van der Waals surface area contributed by atoms with Crippen LogP contribution in [0.25, 0.3) is 0 Å². The minimum Gasteiger partial charge on any atom is -0.223 e. The highest BCUT2D eigenvalue weighted by Gasteiger charge is 2.39. The largest absolute Gasteiger partial charge is 0.243 e. The summed E-state index contributed by atoms with van der Waals surface area (Å²) >= 11 is 11.4. The van der Waals surface area contributed by atoms with Gasteiger partial charge < -0.3 is 0 Å². The third kappa shape index (κ3) is 3.61. The summed E-state index contributed by atoms with van der Waals surface area (Å²) in [6.45, 7) is -0.128. The maximum Gasteiger partial charge on any atom is 0.243 e. The van der Waals surface area contributed by atoms with Gasteiger partial charge in [-0.05, 0) is 48.9 Å². The molecule has 0 spiro atoms. The van der Waals surface area contributed by atoms with Gasteiger partial charge in [0.15, 0.2) is 9.84 Å². The fourth-order valence-corrected chi connectivity index (χ4v) is 6.46. The third-order valence-corrected chi connectivity index (χ3v) is 8.81. The van der Waals surface area contributed by atoms with Crippen molar-refractivity contribution in [2.24, 2.45) is 0 Å². The average molecular weight is 438 g/mol. The molecule has 0 aliphatic carbocycles. The molecule has 2 aromatic rings. The first-order chi connectivity index (χ1) is 12.1. The molecule has 0 amide bonds. The molecule has 3 rings (SSSR count). The Morgan fingerprint density at radius 1 is 0.962 bits per heavy atom. The van der Waals surface area contributed by atoms with Crippen molar-refractivity contribution in [2.45, 2.75) is 21.5 Å². The van der Waals surface area contributed by atoms with Gasteiger partial charge in [-0.25, -0.2) is 21.2 Å². The summed E-state index contributed by atoms with van der Waals surface area (Å²) in [6.07, 6.45) is 0.166. The van der Waals surface area contributed by atoms with E-state index in [4.69, 9.17) is 23.2 Å². The standard InChI is InChI=1S/C16H14Cl2FNO4S2/c17-11-1-3-12(4-2-11)25(21,22)14-7-8-20(10-14)26(23,24)13-5-6-16(19)15(18)9-13/h1-6,9,14H,7-8,10H2. The van der Waals surface area contributed by atoms with Crippen LogP contribution in [-0.4, -0.2) is 39.5 Å². The minimum atomic E-state index is -3.96. The molecule has 26 heavy (non-hydrogen) atoms. The van der Waals surface area contributed by atoms with Gasteiger partial charge in [0.1, 0.15) is 5.82 Å². The summed E-state index contributed by atoms with van der Waals surface area (Å²) in [4.78, 5) is -0.0792. The van der Waals surface area contributed by atoms with Gasteiger partial charge in [0.05, 0.1) is 20.1 Å². The first-order valence-electron chi connectivity index (χ1n) is 7.57. The molecule has 0 radical (unpaired) electrons. The van der Waals surface area contributed by atoms with E-state index in [1.807, 2.05) is 0 Å². The number of hydrogen-bond acceptors (Lipinski definition) is 4. The van der Waals surface area contributed by atoms with Gasteiger partial charge in [0.25, 0.3) is 0 Å². The van der Waals surface area contributed by atoms with Crippen molar-refractivity contribution in [2.75, 3.05) is 13.1 Å². The van der Waals surface area contributed by atoms with Crippen LogP contribution in [0.2, 0.25) is 10.0 Å². The maximum atomic E-state index is 13.3. The second kappa shape index (κ2) is 7.09. The summed E-state index contributed by atoms with van der Waals surface area (Å²) < 4.78 is 65.2. The van der Waals surface area contributed by atoms with Gasteiger partial charge in [-0.2, -0.15) is 4.31 Å². The number of halogens is 3. The fraction of sp³-hybridized carbons (Fsp3) is 0.250. The van der Waals surface area contributed by atoms with E-state index in [1.165, 1.54) is 24.3 Å². The quantitative estimate of drug-likeness (QED) is 0.734. The van der Waals surface area contributed by atoms with Gasteiger partial charge in [0, 0.05) is 18.1 Å². The SMILES string of the molecule is O=S(=O)(c1ccc(Cl)cc1)C1CCN(S(=O)(=O)c2ccc(F)c(Cl)c2)C1. The summed E-state index contributed by atoms with van der Waals surface area (Å²) in [6, 6.07) is 8.83. The molecule has 1 aliphatic rings. The van der Waals surface area contributed by atoms with Crippen LogP contribution in [-0.2, 0) is 19.9 Å². The molecule has 0 saturated carbocycles. The second-order valence-corrected chi connectivity index (χ2v) is 10.9. The highest BCUT2D eigenvalue weighted by molar-refractivity contribution is 7.92. The molecule has 1 fully saturated rings. The van der Waals surface area contributed by atoms with Gasteiger partial charge >= 0.3 is 0 Å². The Hall–Kier alpha value is -1.19. The first-order valence-corrected chi connectivity index (χ1v) is 11.3. The van der Waals surface area contributed by atoms with Crippen molar-refractivity contribution in [3.63, 3.8) is 0 Å². The van der Waals surface area contributed by atoms with E-state index in [-0.39, 0.29) is 34.3 Å². The topological polar surface area (TPSA) is 71.5 Å². The molecule has 5 nitrogen and oxygen atoms in total. The molecule has 0 N–H and O–H groups in total. The molecule has 1 unspecified atom stereocenters. The highest BCUT2D eigenvalue weighted by Crippen LogP contribution is 2.29. The second-order valence-electron chi connectivity index (χ2n) is 5.85. The maximum absolute atomic E-state index is 13.3. The zero-order valence-electron chi connectivity index (χ0n) is 13.3. The normalized spacial score (nSPS) is 19.0. The van der Waals surface area contributed by atoms with Crippen LogP contribution in [0.1, 0.15) is 6.42 Å². The molecule has 0 bridgehead atoms. The smallest absolute Gasteiger partial charge is 0.223 e. The van der Waals surface area contributed by atoms with Gasteiger partial charge in [-0.1, -0.05) is 23.2 Å². The Kier molecular flexibility index (Phi) is 5.33. The van der Waals surface area contributed by atoms with Crippen molar-refractivity contribution in [1.82, 2.24) is 4.31 Å². The van der Waals surface area contributed by atoms with Gasteiger partial charge in [-0.3, -0.25) is 0 Å². The Morgan fingerprint density at radius 2 is 1.58 bits per heavy atom. The summed E-state index contributed by atoms with van der Waals surface area (Å²) in [5.74, 6) is -0.727. The predicted octanol–water partition coefficient (Wildman–Crippen LogP) is 3.37. The monoisotopic (exact) mass is 437 g/mol. The van der Waals surface area contributed by atoms with Crippen LogP contribution in [0.3, 0.4) is 0 Å². The molecule has 1 heterocycles. The van der Waals surface area contributed by atoms with E-state index in [2.05, 4.69) is 0 Å². The number of rotatable bonds is 4. The zero-order chi connectivity index (χ0) is 19.1. The van der Waals surface area contributed by atoms with Crippen molar-refractivity contribution in [1.29, 1.82) is 0 Å². The first kappa shape index (κ1) is 19.6. The van der Waals surface area contributed by atoms with Crippen molar-refractivity contribution < 1.29 is 21.2 Å². The molecule has 1 aliphatic heterocycles. The van der Waals surface area contributed by atoms with Crippen LogP contribution in [0.4, 0.5) is 4.39 Å². The van der Waals surface area contributed by atoms with Crippen molar-refractivity contribution in [3.8, 4) is 0 Å². The Balaban J connectivity index is 1.85. The van der Waals surface area contributed by atoms with E-state index in [9.17, 15) is 21.2 Å². The molecule has 0 aromatic heterocycles. The lowest BCUT2D eigenvalue weighted by molar-refractivity contribution is 0.476. The van der Waals surface area contributed by atoms with Crippen LogP contribution >= 0.6 is 23.2 Å². The van der Waals surface area contributed by atoms with E-state index in [0.29, 0.717) is 5.02 Å².